The van der Waals surface area contributed by atoms with Gasteiger partial charge in [0.05, 0.1) is 12.9 Å². The molecule has 3 nitrogen and oxygen atoms in total. The molecule has 1 aromatic carbocycles. The second kappa shape index (κ2) is 5.09. The van der Waals surface area contributed by atoms with Crippen LogP contribution < -0.4 is 5.56 Å². The number of aromatic nitrogens is 2. The van der Waals surface area contributed by atoms with E-state index < -0.39 is 0 Å². The van der Waals surface area contributed by atoms with E-state index in [2.05, 4.69) is 43.5 Å². The third kappa shape index (κ3) is 2.70. The molecule has 2 rings (SSSR count). The summed E-state index contributed by atoms with van der Waals surface area (Å²) in [5, 5.41) is 0. The molecular formula is C11H8BrIN2O. The molecule has 0 spiro atoms. The lowest BCUT2D eigenvalue weighted by molar-refractivity contribution is 0.731. The van der Waals surface area contributed by atoms with Crippen LogP contribution in [0, 0.1) is 3.57 Å². The molecular weight excluding hydrogens is 383 g/mol. The Morgan fingerprint density at radius 1 is 1.31 bits per heavy atom. The van der Waals surface area contributed by atoms with Crippen molar-refractivity contribution in [3.63, 3.8) is 0 Å². The highest BCUT2D eigenvalue weighted by atomic mass is 127. The van der Waals surface area contributed by atoms with Gasteiger partial charge in [0.1, 0.15) is 4.47 Å². The maximum Gasteiger partial charge on any atom is 0.267 e. The van der Waals surface area contributed by atoms with Crippen LogP contribution in [0.2, 0.25) is 0 Å². The molecule has 0 radical (unpaired) electrons. The van der Waals surface area contributed by atoms with Crippen LogP contribution in [0.1, 0.15) is 5.56 Å². The summed E-state index contributed by atoms with van der Waals surface area (Å²) in [7, 11) is 0. The number of hydrogen-bond donors (Lipinski definition) is 0. The fourth-order valence-electron chi connectivity index (χ4n) is 1.32. The molecule has 16 heavy (non-hydrogen) atoms. The van der Waals surface area contributed by atoms with Crippen molar-refractivity contribution < 1.29 is 0 Å². The first-order valence-electron chi connectivity index (χ1n) is 4.61. The van der Waals surface area contributed by atoms with Gasteiger partial charge in [-0.05, 0) is 56.2 Å². The Bertz CT molecular complexity index is 551. The number of nitrogens with zero attached hydrogens (tertiary/aromatic N) is 2. The average molecular weight is 391 g/mol. The van der Waals surface area contributed by atoms with Gasteiger partial charge in [-0.2, -0.15) is 0 Å². The van der Waals surface area contributed by atoms with Gasteiger partial charge in [0.25, 0.3) is 5.56 Å². The van der Waals surface area contributed by atoms with Gasteiger partial charge in [-0.3, -0.25) is 9.36 Å². The second-order valence-electron chi connectivity index (χ2n) is 3.30. The minimum atomic E-state index is -0.0615. The van der Waals surface area contributed by atoms with Crippen LogP contribution in [0.15, 0.2) is 46.1 Å². The van der Waals surface area contributed by atoms with E-state index in [4.69, 9.17) is 0 Å². The maximum absolute atomic E-state index is 11.7. The molecule has 0 aliphatic heterocycles. The molecule has 0 bridgehead atoms. The lowest BCUT2D eigenvalue weighted by Gasteiger charge is -2.05. The zero-order valence-corrected chi connectivity index (χ0v) is 12.0. The van der Waals surface area contributed by atoms with E-state index in [0.29, 0.717) is 11.0 Å². The summed E-state index contributed by atoms with van der Waals surface area (Å²) < 4.78 is 3.24. The first-order valence-corrected chi connectivity index (χ1v) is 6.48. The van der Waals surface area contributed by atoms with E-state index in [1.807, 2.05) is 24.3 Å². The van der Waals surface area contributed by atoms with Gasteiger partial charge in [0.15, 0.2) is 0 Å². The first kappa shape index (κ1) is 11.8. The van der Waals surface area contributed by atoms with Crippen molar-refractivity contribution in [2.45, 2.75) is 6.54 Å². The van der Waals surface area contributed by atoms with Crippen LogP contribution in [0.5, 0.6) is 0 Å². The third-order valence-electron chi connectivity index (χ3n) is 2.13. The summed E-state index contributed by atoms with van der Waals surface area (Å²) in [4.78, 5) is 15.7. The molecule has 0 atom stereocenters. The number of rotatable bonds is 2. The normalized spacial score (nSPS) is 10.4. The monoisotopic (exact) mass is 390 g/mol. The van der Waals surface area contributed by atoms with Crippen LogP contribution in [0.25, 0.3) is 0 Å². The van der Waals surface area contributed by atoms with E-state index in [9.17, 15) is 4.79 Å². The van der Waals surface area contributed by atoms with Crippen LogP contribution in [-0.4, -0.2) is 9.55 Å². The Labute approximate surface area is 115 Å². The Kier molecular flexibility index (Phi) is 3.75. The largest absolute Gasteiger partial charge is 0.294 e. The number of hydrogen-bond acceptors (Lipinski definition) is 2. The Morgan fingerprint density at radius 3 is 2.69 bits per heavy atom. The van der Waals surface area contributed by atoms with Crippen LogP contribution in [0.3, 0.4) is 0 Å². The predicted molar refractivity (Wildman–Crippen MR) is 74.5 cm³/mol. The minimum absolute atomic E-state index is 0.0615. The highest BCUT2D eigenvalue weighted by Crippen LogP contribution is 2.08. The summed E-state index contributed by atoms with van der Waals surface area (Å²) >= 11 is 5.43. The third-order valence-corrected chi connectivity index (χ3v) is 3.39. The van der Waals surface area contributed by atoms with Gasteiger partial charge < -0.3 is 0 Å². The van der Waals surface area contributed by atoms with E-state index in [1.54, 1.807) is 10.9 Å². The molecule has 0 N–H and O–H groups in total. The van der Waals surface area contributed by atoms with Gasteiger partial charge in [-0.15, -0.1) is 0 Å². The molecule has 0 fully saturated rings. The number of halogens is 2. The topological polar surface area (TPSA) is 34.9 Å². The lowest BCUT2D eigenvalue weighted by atomic mass is 10.2. The van der Waals surface area contributed by atoms with E-state index in [-0.39, 0.29) is 5.56 Å². The maximum atomic E-state index is 11.7. The van der Waals surface area contributed by atoms with E-state index in [0.717, 1.165) is 5.56 Å². The fourth-order valence-corrected chi connectivity index (χ4v) is 2.03. The summed E-state index contributed by atoms with van der Waals surface area (Å²) in [6.07, 6.45) is 3.05. The number of benzene rings is 1. The molecule has 1 aromatic heterocycles. The molecule has 0 amide bonds. The van der Waals surface area contributed by atoms with Gasteiger partial charge >= 0.3 is 0 Å². The second-order valence-corrected chi connectivity index (χ2v) is 5.40. The zero-order valence-electron chi connectivity index (χ0n) is 8.23. The van der Waals surface area contributed by atoms with Crippen molar-refractivity contribution in [1.29, 1.82) is 0 Å². The summed E-state index contributed by atoms with van der Waals surface area (Å²) in [5.74, 6) is 0. The summed E-state index contributed by atoms with van der Waals surface area (Å²) in [6.45, 7) is 0.544. The molecule has 0 saturated carbocycles. The minimum Gasteiger partial charge on any atom is -0.294 e. The smallest absolute Gasteiger partial charge is 0.267 e. The van der Waals surface area contributed by atoms with Gasteiger partial charge in [0, 0.05) is 9.77 Å². The lowest BCUT2D eigenvalue weighted by Crippen LogP contribution is -2.21. The van der Waals surface area contributed by atoms with E-state index >= 15 is 0 Å². The predicted octanol–water partition coefficient (Wildman–Crippen LogP) is 2.66. The molecule has 2 aromatic rings. The molecule has 1 heterocycles. The van der Waals surface area contributed by atoms with Crippen molar-refractivity contribution in [3.05, 3.63) is 60.7 Å². The Balaban J connectivity index is 2.31. The van der Waals surface area contributed by atoms with Crippen LogP contribution in [-0.2, 0) is 6.54 Å². The molecule has 82 valence electrons. The van der Waals surface area contributed by atoms with Crippen molar-refractivity contribution in [1.82, 2.24) is 9.55 Å². The van der Waals surface area contributed by atoms with Crippen LogP contribution in [0.4, 0.5) is 0 Å². The molecule has 0 aliphatic carbocycles. The fraction of sp³-hybridized carbons (Fsp3) is 0.0909. The van der Waals surface area contributed by atoms with E-state index in [1.165, 1.54) is 9.77 Å². The van der Waals surface area contributed by atoms with Crippen molar-refractivity contribution >= 4 is 38.5 Å². The van der Waals surface area contributed by atoms with Gasteiger partial charge in [0.2, 0.25) is 0 Å². The molecule has 0 saturated heterocycles. The molecule has 5 heteroatoms. The highest BCUT2D eigenvalue weighted by Gasteiger charge is 2.01. The van der Waals surface area contributed by atoms with Gasteiger partial charge in [-0.25, -0.2) is 4.98 Å². The van der Waals surface area contributed by atoms with Crippen molar-refractivity contribution in [2.24, 2.45) is 0 Å². The Morgan fingerprint density at radius 2 is 2.00 bits per heavy atom. The Hall–Kier alpha value is -0.690. The SMILES string of the molecule is O=c1c(Br)cncn1Cc1ccc(I)cc1. The molecule has 0 aliphatic rings. The van der Waals surface area contributed by atoms with Crippen molar-refractivity contribution in [2.75, 3.05) is 0 Å². The van der Waals surface area contributed by atoms with Gasteiger partial charge in [-0.1, -0.05) is 12.1 Å². The average Bonchev–Trinajstić information content (AvgIpc) is 2.28. The summed E-state index contributed by atoms with van der Waals surface area (Å²) in [6, 6.07) is 8.06. The first-order chi connectivity index (χ1) is 7.66. The standard InChI is InChI=1S/C11H8BrIN2O/c12-10-5-14-7-15(11(10)16)6-8-1-3-9(13)4-2-8/h1-5,7H,6H2. The quantitative estimate of drug-likeness (QED) is 0.739. The van der Waals surface area contributed by atoms with Crippen molar-refractivity contribution in [3.8, 4) is 0 Å². The highest BCUT2D eigenvalue weighted by molar-refractivity contribution is 14.1. The zero-order chi connectivity index (χ0) is 11.5. The summed E-state index contributed by atoms with van der Waals surface area (Å²) in [5.41, 5.74) is 1.02. The molecule has 0 unspecified atom stereocenters. The van der Waals surface area contributed by atoms with Crippen LogP contribution >= 0.6 is 38.5 Å².